The number of hydrogen-bond donors (Lipinski definition) is 0. The summed E-state index contributed by atoms with van der Waals surface area (Å²) in [6.45, 7) is 8.56. The van der Waals surface area contributed by atoms with Crippen molar-refractivity contribution in [2.75, 3.05) is 13.2 Å². The van der Waals surface area contributed by atoms with Crippen LogP contribution in [-0.2, 0) is 15.9 Å². The summed E-state index contributed by atoms with van der Waals surface area (Å²) in [7, 11) is 0. The number of halogens is 1. The van der Waals surface area contributed by atoms with Gasteiger partial charge in [-0.25, -0.2) is 9.18 Å². The van der Waals surface area contributed by atoms with Crippen molar-refractivity contribution in [1.82, 2.24) is 4.90 Å². The van der Waals surface area contributed by atoms with Crippen molar-refractivity contribution in [2.24, 2.45) is 0 Å². The molecule has 2 aliphatic heterocycles. The first kappa shape index (κ1) is 17.9. The summed E-state index contributed by atoms with van der Waals surface area (Å²) in [5.41, 5.74) is 2.84. The van der Waals surface area contributed by atoms with E-state index in [0.29, 0.717) is 13.2 Å². The van der Waals surface area contributed by atoms with Crippen LogP contribution in [0.15, 0.2) is 29.8 Å². The van der Waals surface area contributed by atoms with E-state index in [2.05, 4.69) is 6.08 Å². The van der Waals surface area contributed by atoms with E-state index < -0.39 is 5.60 Å². The molecule has 2 unspecified atom stereocenters. The monoisotopic (exact) mass is 347 g/mol. The van der Waals surface area contributed by atoms with Crippen LogP contribution in [0.3, 0.4) is 0 Å². The summed E-state index contributed by atoms with van der Waals surface area (Å²) < 4.78 is 24.5. The first-order valence-corrected chi connectivity index (χ1v) is 8.76. The van der Waals surface area contributed by atoms with Gasteiger partial charge in [-0.1, -0.05) is 17.7 Å². The molecule has 0 aliphatic carbocycles. The third-order valence-electron chi connectivity index (χ3n) is 4.60. The molecule has 0 spiro atoms. The fourth-order valence-corrected chi connectivity index (χ4v) is 3.52. The Morgan fingerprint density at radius 3 is 2.76 bits per heavy atom. The van der Waals surface area contributed by atoms with Gasteiger partial charge in [-0.2, -0.15) is 0 Å². The molecule has 1 aromatic carbocycles. The largest absolute Gasteiger partial charge is 0.444 e. The van der Waals surface area contributed by atoms with E-state index in [-0.39, 0.29) is 24.0 Å². The fourth-order valence-electron chi connectivity index (χ4n) is 3.52. The van der Waals surface area contributed by atoms with E-state index in [1.807, 2.05) is 38.7 Å². The van der Waals surface area contributed by atoms with Crippen LogP contribution in [0.4, 0.5) is 9.18 Å². The Labute approximate surface area is 148 Å². The number of ether oxygens (including phenoxy) is 2. The molecule has 0 saturated carbocycles. The van der Waals surface area contributed by atoms with Crippen LogP contribution in [0.25, 0.3) is 0 Å². The van der Waals surface area contributed by atoms with Gasteiger partial charge in [0.15, 0.2) is 0 Å². The highest BCUT2D eigenvalue weighted by Gasteiger charge is 2.39. The maximum absolute atomic E-state index is 13.3. The SMILES string of the molecule is Cc1cc(F)ccc1CC1=CC2COCC(C1)N2C(=O)OC(C)(C)C. The number of carbonyl (C=O) groups excluding carboxylic acids is 1. The standard InChI is InChI=1S/C20H26FNO3/c1-13-7-16(21)6-5-15(13)8-14-9-17-11-24-12-18(10-14)22(17)19(23)25-20(2,3)4/h5-7,9,17-18H,8,10-12H2,1-4H3. The van der Waals surface area contributed by atoms with Crippen LogP contribution in [-0.4, -0.2) is 41.9 Å². The molecular formula is C20H26FNO3. The molecule has 2 heterocycles. The Hall–Kier alpha value is -1.88. The van der Waals surface area contributed by atoms with Crippen molar-refractivity contribution >= 4 is 6.09 Å². The second-order valence-electron chi connectivity index (χ2n) is 7.92. The van der Waals surface area contributed by atoms with Crippen molar-refractivity contribution in [3.63, 3.8) is 0 Å². The topological polar surface area (TPSA) is 38.8 Å². The van der Waals surface area contributed by atoms with E-state index in [4.69, 9.17) is 9.47 Å². The van der Waals surface area contributed by atoms with Gasteiger partial charge in [-0.15, -0.1) is 0 Å². The van der Waals surface area contributed by atoms with Crippen molar-refractivity contribution in [3.05, 3.63) is 46.8 Å². The number of rotatable bonds is 2. The predicted octanol–water partition coefficient (Wildman–Crippen LogP) is 4.01. The zero-order valence-electron chi connectivity index (χ0n) is 15.3. The average Bonchev–Trinajstić information content (AvgIpc) is 2.47. The van der Waals surface area contributed by atoms with Crippen LogP contribution in [0.1, 0.15) is 38.3 Å². The molecule has 25 heavy (non-hydrogen) atoms. The summed E-state index contributed by atoms with van der Waals surface area (Å²) in [6.07, 6.45) is 3.37. The lowest BCUT2D eigenvalue weighted by molar-refractivity contribution is -0.0536. The molecule has 0 radical (unpaired) electrons. The summed E-state index contributed by atoms with van der Waals surface area (Å²) in [6, 6.07) is 4.81. The molecule has 2 atom stereocenters. The molecule has 3 rings (SSSR count). The lowest BCUT2D eigenvalue weighted by Gasteiger charge is -2.44. The minimum atomic E-state index is -0.512. The highest BCUT2D eigenvalue weighted by Crippen LogP contribution is 2.31. The van der Waals surface area contributed by atoms with Gasteiger partial charge in [0.25, 0.3) is 0 Å². The lowest BCUT2D eigenvalue weighted by Crippen LogP contribution is -2.57. The second kappa shape index (κ2) is 6.79. The van der Waals surface area contributed by atoms with Gasteiger partial charge < -0.3 is 9.47 Å². The Kier molecular flexibility index (Phi) is 4.87. The molecule has 2 bridgehead atoms. The molecular weight excluding hydrogens is 321 g/mol. The van der Waals surface area contributed by atoms with Crippen molar-refractivity contribution in [2.45, 2.75) is 58.2 Å². The van der Waals surface area contributed by atoms with Crippen molar-refractivity contribution in [3.8, 4) is 0 Å². The highest BCUT2D eigenvalue weighted by atomic mass is 19.1. The lowest BCUT2D eigenvalue weighted by atomic mass is 9.89. The number of fused-ring (bicyclic) bond motifs is 2. The summed E-state index contributed by atoms with van der Waals surface area (Å²) in [4.78, 5) is 14.4. The second-order valence-corrected chi connectivity index (χ2v) is 7.92. The average molecular weight is 347 g/mol. The van der Waals surface area contributed by atoms with E-state index in [9.17, 15) is 9.18 Å². The van der Waals surface area contributed by atoms with Gasteiger partial charge in [-0.05, 0) is 63.8 Å². The molecule has 1 saturated heterocycles. The smallest absolute Gasteiger partial charge is 0.411 e. The molecule has 5 heteroatoms. The van der Waals surface area contributed by atoms with Gasteiger partial charge in [0.2, 0.25) is 0 Å². The number of benzene rings is 1. The summed E-state index contributed by atoms with van der Waals surface area (Å²) in [5, 5.41) is 0. The first-order chi connectivity index (χ1) is 11.7. The number of aryl methyl sites for hydroxylation is 1. The number of morpholine rings is 1. The Morgan fingerprint density at radius 1 is 1.36 bits per heavy atom. The summed E-state index contributed by atoms with van der Waals surface area (Å²) in [5.74, 6) is -0.208. The van der Waals surface area contributed by atoms with Crippen LogP contribution in [0.5, 0.6) is 0 Å². The first-order valence-electron chi connectivity index (χ1n) is 8.76. The van der Waals surface area contributed by atoms with Gasteiger partial charge in [-0.3, -0.25) is 4.90 Å². The zero-order valence-corrected chi connectivity index (χ0v) is 15.3. The van der Waals surface area contributed by atoms with Crippen LogP contribution in [0.2, 0.25) is 0 Å². The normalized spacial score (nSPS) is 23.2. The van der Waals surface area contributed by atoms with Gasteiger partial charge in [0.05, 0.1) is 25.3 Å². The van der Waals surface area contributed by atoms with Crippen LogP contribution in [0, 0.1) is 12.7 Å². The molecule has 136 valence electrons. The number of nitrogens with zero attached hydrogens (tertiary/aromatic N) is 1. The predicted molar refractivity (Wildman–Crippen MR) is 94.0 cm³/mol. The molecule has 1 aromatic rings. The van der Waals surface area contributed by atoms with Crippen LogP contribution < -0.4 is 0 Å². The minimum absolute atomic E-state index is 0.00523. The maximum atomic E-state index is 13.3. The van der Waals surface area contributed by atoms with Crippen molar-refractivity contribution < 1.29 is 18.7 Å². The zero-order chi connectivity index (χ0) is 18.2. The quantitative estimate of drug-likeness (QED) is 0.759. The molecule has 4 nitrogen and oxygen atoms in total. The fraction of sp³-hybridized carbons (Fsp3) is 0.550. The Morgan fingerprint density at radius 2 is 2.12 bits per heavy atom. The van der Waals surface area contributed by atoms with Gasteiger partial charge >= 0.3 is 6.09 Å². The third kappa shape index (κ3) is 4.21. The maximum Gasteiger partial charge on any atom is 0.411 e. The summed E-state index contributed by atoms with van der Waals surface area (Å²) >= 11 is 0. The molecule has 0 N–H and O–H groups in total. The van der Waals surface area contributed by atoms with Gasteiger partial charge in [0.1, 0.15) is 11.4 Å². The van der Waals surface area contributed by atoms with Crippen molar-refractivity contribution in [1.29, 1.82) is 0 Å². The number of hydrogen-bond acceptors (Lipinski definition) is 3. The third-order valence-corrected chi connectivity index (χ3v) is 4.60. The van der Waals surface area contributed by atoms with Crippen LogP contribution >= 0.6 is 0 Å². The van der Waals surface area contributed by atoms with E-state index >= 15 is 0 Å². The van der Waals surface area contributed by atoms with Gasteiger partial charge in [0, 0.05) is 0 Å². The van der Waals surface area contributed by atoms with E-state index in [1.165, 1.54) is 11.6 Å². The number of carbonyl (C=O) groups is 1. The van der Waals surface area contributed by atoms with E-state index in [1.54, 1.807) is 6.07 Å². The highest BCUT2D eigenvalue weighted by molar-refractivity contribution is 5.70. The van der Waals surface area contributed by atoms with E-state index in [0.717, 1.165) is 24.0 Å². The molecule has 0 aromatic heterocycles. The molecule has 1 amide bonds. The number of amides is 1. The molecule has 1 fully saturated rings. The Balaban J connectivity index is 1.78. The molecule has 2 aliphatic rings. The Bertz CT molecular complexity index is 693. The minimum Gasteiger partial charge on any atom is -0.444 e.